The Kier molecular flexibility index (Phi) is 5.20. The first-order chi connectivity index (χ1) is 10.7. The van der Waals surface area contributed by atoms with Gasteiger partial charge in [-0.05, 0) is 18.2 Å². The lowest BCUT2D eigenvalue weighted by atomic mass is 10.2. The highest BCUT2D eigenvalue weighted by atomic mass is 16.3. The molecule has 112 valence electrons. The zero-order chi connectivity index (χ0) is 15.8. The first-order valence-corrected chi connectivity index (χ1v) is 6.45. The van der Waals surface area contributed by atoms with Crippen molar-refractivity contribution in [1.82, 2.24) is 15.7 Å². The standard InChI is InChI=1S/C15H14N4O3/c20-13-6-2-1-5-12(13)15(22)17-10-14(21)19-18-9-11-4-3-7-16-8-11/h1-9,20H,10H2,(H,17,22)(H,19,21). The van der Waals surface area contributed by atoms with E-state index in [1.807, 2.05) is 0 Å². The van der Waals surface area contributed by atoms with Crippen molar-refractivity contribution >= 4 is 18.0 Å². The van der Waals surface area contributed by atoms with Gasteiger partial charge in [0.25, 0.3) is 11.8 Å². The number of nitrogens with one attached hydrogen (secondary N) is 2. The van der Waals surface area contributed by atoms with Crippen LogP contribution in [0, 0.1) is 0 Å². The van der Waals surface area contributed by atoms with Gasteiger partial charge in [-0.2, -0.15) is 5.10 Å². The molecule has 0 aliphatic rings. The van der Waals surface area contributed by atoms with Crippen LogP contribution in [0.2, 0.25) is 0 Å². The predicted octanol–water partition coefficient (Wildman–Crippen LogP) is 0.667. The second kappa shape index (κ2) is 7.53. The third-order valence-electron chi connectivity index (χ3n) is 2.65. The minimum atomic E-state index is -0.538. The number of hydrogen-bond donors (Lipinski definition) is 3. The molecule has 0 bridgehead atoms. The van der Waals surface area contributed by atoms with Crippen LogP contribution < -0.4 is 10.7 Å². The number of carbonyl (C=O) groups is 2. The maximum Gasteiger partial charge on any atom is 0.259 e. The van der Waals surface area contributed by atoms with E-state index in [1.165, 1.54) is 18.3 Å². The first-order valence-electron chi connectivity index (χ1n) is 6.45. The summed E-state index contributed by atoms with van der Waals surface area (Å²) in [4.78, 5) is 27.2. The van der Waals surface area contributed by atoms with Crippen LogP contribution >= 0.6 is 0 Å². The van der Waals surface area contributed by atoms with E-state index in [0.717, 1.165) is 5.56 Å². The Morgan fingerprint density at radius 2 is 2.05 bits per heavy atom. The molecule has 22 heavy (non-hydrogen) atoms. The molecule has 0 saturated carbocycles. The van der Waals surface area contributed by atoms with Gasteiger partial charge < -0.3 is 10.4 Å². The largest absolute Gasteiger partial charge is 0.507 e. The molecule has 7 nitrogen and oxygen atoms in total. The van der Waals surface area contributed by atoms with E-state index in [-0.39, 0.29) is 17.9 Å². The van der Waals surface area contributed by atoms with Crippen molar-refractivity contribution in [3.8, 4) is 5.75 Å². The molecule has 0 atom stereocenters. The van der Waals surface area contributed by atoms with Crippen molar-refractivity contribution in [2.24, 2.45) is 5.10 Å². The Labute approximate surface area is 126 Å². The fourth-order valence-electron chi connectivity index (χ4n) is 1.59. The van der Waals surface area contributed by atoms with E-state index in [4.69, 9.17) is 0 Å². The van der Waals surface area contributed by atoms with Crippen molar-refractivity contribution < 1.29 is 14.7 Å². The minimum Gasteiger partial charge on any atom is -0.507 e. The average Bonchev–Trinajstić information content (AvgIpc) is 2.54. The van der Waals surface area contributed by atoms with E-state index in [9.17, 15) is 14.7 Å². The fourth-order valence-corrected chi connectivity index (χ4v) is 1.59. The molecule has 2 aromatic rings. The third-order valence-corrected chi connectivity index (χ3v) is 2.65. The lowest BCUT2D eigenvalue weighted by molar-refractivity contribution is -0.120. The summed E-state index contributed by atoms with van der Waals surface area (Å²) in [6.07, 6.45) is 4.66. The van der Waals surface area contributed by atoms with Crippen LogP contribution in [-0.2, 0) is 4.79 Å². The highest BCUT2D eigenvalue weighted by Gasteiger charge is 2.10. The fraction of sp³-hybridized carbons (Fsp3) is 0.0667. The number of rotatable bonds is 5. The molecule has 3 N–H and O–H groups in total. The quantitative estimate of drug-likeness (QED) is 0.557. The summed E-state index contributed by atoms with van der Waals surface area (Å²) in [7, 11) is 0. The van der Waals surface area contributed by atoms with Gasteiger partial charge in [0.05, 0.1) is 18.3 Å². The number of carbonyl (C=O) groups excluding carboxylic acids is 2. The van der Waals surface area contributed by atoms with Crippen molar-refractivity contribution in [3.05, 3.63) is 59.9 Å². The van der Waals surface area contributed by atoms with Crippen molar-refractivity contribution in [2.45, 2.75) is 0 Å². The number of para-hydroxylation sites is 1. The van der Waals surface area contributed by atoms with Crippen molar-refractivity contribution in [3.63, 3.8) is 0 Å². The molecule has 0 saturated heterocycles. The minimum absolute atomic E-state index is 0.106. The van der Waals surface area contributed by atoms with Crippen LogP contribution in [0.4, 0.5) is 0 Å². The van der Waals surface area contributed by atoms with Crippen LogP contribution in [-0.4, -0.2) is 34.7 Å². The maximum absolute atomic E-state index is 11.8. The number of hydrogen-bond acceptors (Lipinski definition) is 5. The normalized spacial score (nSPS) is 10.4. The molecule has 0 unspecified atom stereocenters. The lowest BCUT2D eigenvalue weighted by Crippen LogP contribution is -2.34. The maximum atomic E-state index is 11.8. The number of aromatic hydroxyl groups is 1. The van der Waals surface area contributed by atoms with E-state index < -0.39 is 11.8 Å². The second-order valence-electron chi connectivity index (χ2n) is 4.28. The number of benzene rings is 1. The molecule has 1 aromatic carbocycles. The summed E-state index contributed by atoms with van der Waals surface area (Å²) in [5, 5.41) is 15.7. The molecule has 0 aliphatic heterocycles. The average molecular weight is 298 g/mol. The monoisotopic (exact) mass is 298 g/mol. The molecular weight excluding hydrogens is 284 g/mol. The molecule has 7 heteroatoms. The smallest absolute Gasteiger partial charge is 0.259 e. The highest BCUT2D eigenvalue weighted by molar-refractivity contribution is 5.98. The van der Waals surface area contributed by atoms with Gasteiger partial charge in [-0.25, -0.2) is 5.43 Å². The number of aromatic nitrogens is 1. The topological polar surface area (TPSA) is 104 Å². The zero-order valence-corrected chi connectivity index (χ0v) is 11.6. The summed E-state index contributed by atoms with van der Waals surface area (Å²) in [5.74, 6) is -1.16. The Morgan fingerprint density at radius 1 is 1.23 bits per heavy atom. The third kappa shape index (κ3) is 4.41. The van der Waals surface area contributed by atoms with Crippen LogP contribution in [0.1, 0.15) is 15.9 Å². The molecular formula is C15H14N4O3. The van der Waals surface area contributed by atoms with Gasteiger partial charge in [0.1, 0.15) is 5.75 Å². The van der Waals surface area contributed by atoms with E-state index in [2.05, 4.69) is 20.8 Å². The number of amides is 2. The van der Waals surface area contributed by atoms with Gasteiger partial charge in [-0.1, -0.05) is 18.2 Å². The number of phenolic OH excluding ortho intramolecular Hbond substituents is 1. The first kappa shape index (κ1) is 15.2. The molecule has 1 aromatic heterocycles. The van der Waals surface area contributed by atoms with E-state index >= 15 is 0 Å². The predicted molar refractivity (Wildman–Crippen MR) is 80.4 cm³/mol. The van der Waals surface area contributed by atoms with Gasteiger partial charge in [-0.3, -0.25) is 14.6 Å². The molecule has 0 aliphatic carbocycles. The number of phenols is 1. The van der Waals surface area contributed by atoms with E-state index in [1.54, 1.807) is 36.7 Å². The van der Waals surface area contributed by atoms with Crippen LogP contribution in [0.3, 0.4) is 0 Å². The van der Waals surface area contributed by atoms with Crippen LogP contribution in [0.5, 0.6) is 5.75 Å². The Morgan fingerprint density at radius 3 is 2.77 bits per heavy atom. The van der Waals surface area contributed by atoms with Gasteiger partial charge in [0.15, 0.2) is 0 Å². The summed E-state index contributed by atoms with van der Waals surface area (Å²) in [6.45, 7) is -0.252. The highest BCUT2D eigenvalue weighted by Crippen LogP contribution is 2.14. The zero-order valence-electron chi connectivity index (χ0n) is 11.6. The number of hydrazone groups is 1. The molecule has 0 spiro atoms. The molecule has 2 rings (SSSR count). The molecule has 0 radical (unpaired) electrons. The summed E-state index contributed by atoms with van der Waals surface area (Å²) in [6, 6.07) is 9.60. The van der Waals surface area contributed by atoms with Crippen LogP contribution in [0.15, 0.2) is 53.9 Å². The van der Waals surface area contributed by atoms with Gasteiger partial charge >= 0.3 is 0 Å². The number of nitrogens with zero attached hydrogens (tertiary/aromatic N) is 2. The molecule has 2 amide bonds. The van der Waals surface area contributed by atoms with Gasteiger partial charge in [0, 0.05) is 18.0 Å². The van der Waals surface area contributed by atoms with Crippen molar-refractivity contribution in [1.29, 1.82) is 0 Å². The molecule has 0 fully saturated rings. The van der Waals surface area contributed by atoms with Crippen molar-refractivity contribution in [2.75, 3.05) is 6.54 Å². The second-order valence-corrected chi connectivity index (χ2v) is 4.28. The summed E-state index contributed by atoms with van der Waals surface area (Å²) < 4.78 is 0. The Hall–Kier alpha value is -3.22. The molecule has 1 heterocycles. The van der Waals surface area contributed by atoms with Gasteiger partial charge in [0.2, 0.25) is 0 Å². The Balaban J connectivity index is 1.80. The Bertz CT molecular complexity index is 686. The lowest BCUT2D eigenvalue weighted by Gasteiger charge is -2.05. The van der Waals surface area contributed by atoms with Crippen LogP contribution in [0.25, 0.3) is 0 Å². The van der Waals surface area contributed by atoms with Gasteiger partial charge in [-0.15, -0.1) is 0 Å². The summed E-state index contributed by atoms with van der Waals surface area (Å²) in [5.41, 5.74) is 3.12. The number of pyridine rings is 1. The summed E-state index contributed by atoms with van der Waals surface area (Å²) >= 11 is 0. The van der Waals surface area contributed by atoms with E-state index in [0.29, 0.717) is 0 Å². The SMILES string of the molecule is O=C(CNC(=O)c1ccccc1O)NN=Cc1cccnc1.